The average molecular weight is 372 g/mol. The first kappa shape index (κ1) is 19.7. The highest BCUT2D eigenvalue weighted by Gasteiger charge is 2.17. The second-order valence-corrected chi connectivity index (χ2v) is 8.04. The Morgan fingerprint density at radius 1 is 1.36 bits per heavy atom. The van der Waals surface area contributed by atoms with E-state index < -0.39 is 0 Å². The van der Waals surface area contributed by atoms with Crippen molar-refractivity contribution < 1.29 is 4.79 Å². The normalized spacial score (nSPS) is 14.0. The van der Waals surface area contributed by atoms with Gasteiger partial charge in [0.05, 0.1) is 5.69 Å². The fourth-order valence-electron chi connectivity index (χ4n) is 2.60. The Hall–Kier alpha value is -1.65. The van der Waals surface area contributed by atoms with Gasteiger partial charge in [-0.1, -0.05) is 38.4 Å². The van der Waals surface area contributed by atoms with Gasteiger partial charge in [0, 0.05) is 41.1 Å². The number of nitrogens with zero attached hydrogens (tertiary/aromatic N) is 1. The lowest BCUT2D eigenvalue weighted by atomic mass is 9.94. The van der Waals surface area contributed by atoms with Gasteiger partial charge in [-0.2, -0.15) is 0 Å². The van der Waals surface area contributed by atoms with E-state index >= 15 is 0 Å². The van der Waals surface area contributed by atoms with Crippen LogP contribution < -0.4 is 4.90 Å². The SMILES string of the molecule is C=C(CC)C(=O)/C(=C/c1ccc2c(c1)SCCN2C)CC(=C)C(C)=S. The second-order valence-electron chi connectivity index (χ2n) is 6.29. The molecule has 0 saturated heterocycles. The molecule has 1 aliphatic heterocycles. The smallest absolute Gasteiger partial charge is 0.184 e. The van der Waals surface area contributed by atoms with Crippen molar-refractivity contribution in [1.82, 2.24) is 0 Å². The number of ketones is 1. The van der Waals surface area contributed by atoms with Gasteiger partial charge in [0.2, 0.25) is 0 Å². The van der Waals surface area contributed by atoms with E-state index in [1.165, 1.54) is 10.6 Å². The molecule has 0 saturated carbocycles. The molecule has 0 radical (unpaired) electrons. The zero-order chi connectivity index (χ0) is 18.6. The molecule has 1 aliphatic rings. The molecule has 0 bridgehead atoms. The van der Waals surface area contributed by atoms with Gasteiger partial charge >= 0.3 is 0 Å². The first-order valence-corrected chi connectivity index (χ1v) is 9.82. The van der Waals surface area contributed by atoms with E-state index in [0.29, 0.717) is 24.0 Å². The highest BCUT2D eigenvalue weighted by Crippen LogP contribution is 2.35. The summed E-state index contributed by atoms with van der Waals surface area (Å²) in [6.45, 7) is 12.8. The summed E-state index contributed by atoms with van der Waals surface area (Å²) in [6.07, 6.45) is 3.07. The number of Topliss-reactive ketones (excluding diaryl/α,β-unsaturated/α-hetero) is 1. The third-order valence-electron chi connectivity index (χ3n) is 4.36. The molecule has 0 amide bonds. The van der Waals surface area contributed by atoms with E-state index in [4.69, 9.17) is 12.2 Å². The largest absolute Gasteiger partial charge is 0.373 e. The summed E-state index contributed by atoms with van der Waals surface area (Å²) in [5.74, 6) is 1.08. The fourth-order valence-corrected chi connectivity index (χ4v) is 3.85. The van der Waals surface area contributed by atoms with Crippen molar-refractivity contribution in [3.05, 3.63) is 53.6 Å². The Morgan fingerprint density at radius 2 is 2.08 bits per heavy atom. The molecule has 0 aromatic heterocycles. The fraction of sp³-hybridized carbons (Fsp3) is 0.333. The highest BCUT2D eigenvalue weighted by molar-refractivity contribution is 7.99. The molecule has 2 nitrogen and oxygen atoms in total. The minimum absolute atomic E-state index is 0.00221. The van der Waals surface area contributed by atoms with Crippen LogP contribution in [0.15, 0.2) is 53.0 Å². The number of thiocarbonyl (C=S) groups is 1. The summed E-state index contributed by atoms with van der Waals surface area (Å²) in [5.41, 5.74) is 4.41. The number of hydrogen-bond acceptors (Lipinski definition) is 4. The van der Waals surface area contributed by atoms with Crippen LogP contribution in [0.5, 0.6) is 0 Å². The van der Waals surface area contributed by atoms with Crippen LogP contribution in [0, 0.1) is 0 Å². The maximum atomic E-state index is 12.7. The van der Waals surface area contributed by atoms with E-state index in [0.717, 1.165) is 28.3 Å². The zero-order valence-electron chi connectivity index (χ0n) is 15.2. The van der Waals surface area contributed by atoms with Gasteiger partial charge in [0.25, 0.3) is 0 Å². The number of fused-ring (bicyclic) bond motifs is 1. The van der Waals surface area contributed by atoms with Crippen molar-refractivity contribution in [2.75, 3.05) is 24.2 Å². The van der Waals surface area contributed by atoms with Crippen molar-refractivity contribution in [1.29, 1.82) is 0 Å². The first-order chi connectivity index (χ1) is 11.8. The number of allylic oxidation sites excluding steroid dienone is 3. The molecule has 0 fully saturated rings. The van der Waals surface area contributed by atoms with Gasteiger partial charge in [-0.25, -0.2) is 0 Å². The van der Waals surface area contributed by atoms with Crippen molar-refractivity contribution >= 4 is 46.4 Å². The molecule has 0 atom stereocenters. The van der Waals surface area contributed by atoms with Gasteiger partial charge in [0.1, 0.15) is 0 Å². The summed E-state index contributed by atoms with van der Waals surface area (Å²) in [4.78, 5) is 17.0. The van der Waals surface area contributed by atoms with Gasteiger partial charge in [0.15, 0.2) is 5.78 Å². The van der Waals surface area contributed by atoms with E-state index in [-0.39, 0.29) is 5.78 Å². The molecule has 0 aliphatic carbocycles. The highest BCUT2D eigenvalue weighted by atomic mass is 32.2. The summed E-state index contributed by atoms with van der Waals surface area (Å²) in [6, 6.07) is 6.35. The number of benzene rings is 1. The lowest BCUT2D eigenvalue weighted by Crippen LogP contribution is -2.24. The Morgan fingerprint density at radius 3 is 2.72 bits per heavy atom. The standard InChI is InChI=1S/C21H25NOS2/c1-6-14(2)21(23)18(11-15(3)16(4)24)12-17-7-8-19-20(13-17)25-10-9-22(19)5/h7-8,12-13H,2-3,6,9-11H2,1,4-5H3/b18-12+. The molecule has 1 aromatic rings. The molecule has 132 valence electrons. The topological polar surface area (TPSA) is 20.3 Å². The van der Waals surface area contributed by atoms with E-state index in [9.17, 15) is 4.79 Å². The first-order valence-electron chi connectivity index (χ1n) is 8.43. The third kappa shape index (κ3) is 4.93. The molecule has 4 heteroatoms. The van der Waals surface area contributed by atoms with Gasteiger partial charge in [-0.05, 0) is 48.3 Å². The van der Waals surface area contributed by atoms with Crippen molar-refractivity contribution in [3.63, 3.8) is 0 Å². The number of carbonyl (C=O) groups is 1. The number of hydrogen-bond donors (Lipinski definition) is 0. The maximum absolute atomic E-state index is 12.7. The Labute approximate surface area is 160 Å². The van der Waals surface area contributed by atoms with Crippen LogP contribution in [-0.4, -0.2) is 30.0 Å². The number of anilines is 1. The summed E-state index contributed by atoms with van der Waals surface area (Å²) in [7, 11) is 2.11. The average Bonchev–Trinajstić information content (AvgIpc) is 2.59. The molecule has 1 aromatic carbocycles. The van der Waals surface area contributed by atoms with Crippen LogP contribution in [0.2, 0.25) is 0 Å². The molecule has 0 N–H and O–H groups in total. The number of carbonyl (C=O) groups excluding carboxylic acids is 1. The predicted molar refractivity (Wildman–Crippen MR) is 115 cm³/mol. The minimum Gasteiger partial charge on any atom is -0.373 e. The van der Waals surface area contributed by atoms with Crippen LogP contribution in [0.4, 0.5) is 5.69 Å². The van der Waals surface area contributed by atoms with E-state index in [1.807, 2.05) is 31.7 Å². The van der Waals surface area contributed by atoms with Crippen LogP contribution in [-0.2, 0) is 4.79 Å². The number of thioether (sulfide) groups is 1. The van der Waals surface area contributed by atoms with Crippen LogP contribution in [0.25, 0.3) is 6.08 Å². The molecule has 25 heavy (non-hydrogen) atoms. The van der Waals surface area contributed by atoms with Crippen molar-refractivity contribution in [3.8, 4) is 0 Å². The second kappa shape index (κ2) is 8.63. The molecule has 0 spiro atoms. The monoisotopic (exact) mass is 371 g/mol. The summed E-state index contributed by atoms with van der Waals surface area (Å²) in [5, 5.41) is 0. The molecule has 0 unspecified atom stereocenters. The Bertz CT molecular complexity index is 761. The van der Waals surface area contributed by atoms with Crippen LogP contribution in [0.3, 0.4) is 0 Å². The van der Waals surface area contributed by atoms with Crippen LogP contribution >= 0.6 is 24.0 Å². The predicted octanol–water partition coefficient (Wildman–Crippen LogP) is 5.48. The van der Waals surface area contributed by atoms with Crippen LogP contribution in [0.1, 0.15) is 32.3 Å². The lowest BCUT2D eigenvalue weighted by molar-refractivity contribution is -0.112. The zero-order valence-corrected chi connectivity index (χ0v) is 16.9. The van der Waals surface area contributed by atoms with Gasteiger partial charge < -0.3 is 4.90 Å². The Balaban J connectivity index is 2.39. The third-order valence-corrected chi connectivity index (χ3v) is 5.67. The maximum Gasteiger partial charge on any atom is 0.184 e. The molecule has 1 heterocycles. The van der Waals surface area contributed by atoms with Crippen molar-refractivity contribution in [2.24, 2.45) is 0 Å². The quantitative estimate of drug-likeness (QED) is 0.467. The molecular formula is C21H25NOS2. The van der Waals surface area contributed by atoms with Gasteiger partial charge in [-0.3, -0.25) is 4.79 Å². The number of rotatable bonds is 7. The minimum atomic E-state index is 0.00221. The van der Waals surface area contributed by atoms with E-state index in [1.54, 1.807) is 0 Å². The summed E-state index contributed by atoms with van der Waals surface area (Å²) >= 11 is 7.07. The lowest BCUT2D eigenvalue weighted by Gasteiger charge is -2.27. The van der Waals surface area contributed by atoms with Crippen molar-refractivity contribution in [2.45, 2.75) is 31.6 Å². The summed E-state index contributed by atoms with van der Waals surface area (Å²) < 4.78 is 0. The molecular weight excluding hydrogens is 346 g/mol. The van der Waals surface area contributed by atoms with E-state index in [2.05, 4.69) is 43.3 Å². The molecule has 2 rings (SSSR count). The van der Waals surface area contributed by atoms with Gasteiger partial charge in [-0.15, -0.1) is 11.8 Å². The Kier molecular flexibility index (Phi) is 6.79.